The normalized spacial score (nSPS) is 27.4. The summed E-state index contributed by atoms with van der Waals surface area (Å²) in [6.07, 6.45) is 10.4. The summed E-state index contributed by atoms with van der Waals surface area (Å²) < 4.78 is 2.55. The zero-order valence-corrected chi connectivity index (χ0v) is 15.9. The average Bonchev–Trinajstić information content (AvgIpc) is 3.41. The Kier molecular flexibility index (Phi) is 6.17. The maximum Gasteiger partial charge on any atom is 0.132 e. The Morgan fingerprint density at radius 3 is 2.67 bits per heavy atom. The molecular formula is C19H30N4S. The molecule has 1 saturated heterocycles. The number of nitrogens with zero attached hydrogens (tertiary/aromatic N) is 4. The molecule has 0 aromatic rings. The van der Waals surface area contributed by atoms with Crippen molar-refractivity contribution in [3.05, 3.63) is 23.4 Å². The van der Waals surface area contributed by atoms with Crippen molar-refractivity contribution in [1.29, 1.82) is 0 Å². The van der Waals surface area contributed by atoms with Crippen LogP contribution in [-0.4, -0.2) is 60.2 Å². The third-order valence-electron chi connectivity index (χ3n) is 5.01. The van der Waals surface area contributed by atoms with E-state index in [4.69, 9.17) is 4.99 Å². The van der Waals surface area contributed by atoms with E-state index in [1.807, 2.05) is 6.20 Å². The number of hydrogen-bond acceptors (Lipinski definition) is 4. The van der Waals surface area contributed by atoms with Crippen molar-refractivity contribution in [2.75, 3.05) is 32.4 Å². The van der Waals surface area contributed by atoms with E-state index in [0.29, 0.717) is 6.04 Å². The lowest BCUT2D eigenvalue weighted by atomic mass is 10.1. The minimum absolute atomic E-state index is 0.431. The first-order valence-electron chi connectivity index (χ1n) is 9.16. The van der Waals surface area contributed by atoms with Gasteiger partial charge in [-0.2, -0.15) is 0 Å². The van der Waals surface area contributed by atoms with Gasteiger partial charge in [0.25, 0.3) is 0 Å². The zero-order chi connectivity index (χ0) is 16.9. The zero-order valence-electron chi connectivity index (χ0n) is 15.1. The molecule has 0 bridgehead atoms. The highest BCUT2D eigenvalue weighted by molar-refractivity contribution is 7.97. The van der Waals surface area contributed by atoms with E-state index in [1.54, 1.807) is 0 Å². The maximum atomic E-state index is 5.12. The predicted molar refractivity (Wildman–Crippen MR) is 106 cm³/mol. The minimum Gasteiger partial charge on any atom is -0.359 e. The van der Waals surface area contributed by atoms with Crippen molar-refractivity contribution in [2.24, 2.45) is 15.9 Å². The summed E-state index contributed by atoms with van der Waals surface area (Å²) in [6.45, 7) is 9.16. The van der Waals surface area contributed by atoms with Gasteiger partial charge in [-0.15, -0.1) is 0 Å². The molecule has 0 amide bonds. The number of likely N-dealkylation sites (N-methyl/N-ethyl adjacent to an activating group) is 1. The van der Waals surface area contributed by atoms with Crippen LogP contribution >= 0.6 is 11.9 Å². The van der Waals surface area contributed by atoms with Crippen LogP contribution in [0, 0.1) is 5.92 Å². The van der Waals surface area contributed by atoms with Gasteiger partial charge in [-0.3, -0.25) is 14.3 Å². The highest BCUT2D eigenvalue weighted by Crippen LogP contribution is 2.34. The minimum atomic E-state index is 0.431. The first kappa shape index (κ1) is 17.7. The van der Waals surface area contributed by atoms with Crippen molar-refractivity contribution in [1.82, 2.24) is 9.21 Å². The number of aliphatic imine (C=N–C) groups is 2. The molecule has 1 saturated carbocycles. The van der Waals surface area contributed by atoms with E-state index in [2.05, 4.69) is 52.9 Å². The van der Waals surface area contributed by atoms with Crippen molar-refractivity contribution in [3.8, 4) is 0 Å². The first-order chi connectivity index (χ1) is 11.7. The highest BCUT2D eigenvalue weighted by atomic mass is 32.2. The SMILES string of the molecule is C=N/C=C1/C=C(C)CCN(C)/C1=N/C1CCN(SCC2CC2)CC1. The molecule has 132 valence electrons. The van der Waals surface area contributed by atoms with Gasteiger partial charge < -0.3 is 4.90 Å². The van der Waals surface area contributed by atoms with Crippen molar-refractivity contribution >= 4 is 24.5 Å². The first-order valence-corrected chi connectivity index (χ1v) is 10.1. The topological polar surface area (TPSA) is 31.2 Å². The van der Waals surface area contributed by atoms with Crippen LogP contribution in [0.4, 0.5) is 0 Å². The fourth-order valence-electron chi connectivity index (χ4n) is 3.21. The molecule has 3 aliphatic rings. The molecule has 0 N–H and O–H groups in total. The van der Waals surface area contributed by atoms with E-state index in [-0.39, 0.29) is 0 Å². The summed E-state index contributed by atoms with van der Waals surface area (Å²) >= 11 is 2.06. The van der Waals surface area contributed by atoms with Crippen LogP contribution in [-0.2, 0) is 0 Å². The van der Waals surface area contributed by atoms with Crippen molar-refractivity contribution in [2.45, 2.75) is 45.1 Å². The van der Waals surface area contributed by atoms with E-state index < -0.39 is 0 Å². The maximum absolute atomic E-state index is 5.12. The number of amidine groups is 1. The lowest BCUT2D eigenvalue weighted by molar-refractivity contribution is 0.344. The molecular weight excluding hydrogens is 316 g/mol. The Bertz CT molecular complexity index is 540. The Labute approximate surface area is 150 Å². The van der Waals surface area contributed by atoms with Crippen LogP contribution in [0.1, 0.15) is 39.0 Å². The third-order valence-corrected chi connectivity index (χ3v) is 6.36. The molecule has 0 aromatic carbocycles. The second-order valence-electron chi connectivity index (χ2n) is 7.28. The van der Waals surface area contributed by atoms with Gasteiger partial charge in [0.2, 0.25) is 0 Å². The smallest absolute Gasteiger partial charge is 0.132 e. The van der Waals surface area contributed by atoms with E-state index in [1.165, 1.54) is 24.2 Å². The van der Waals surface area contributed by atoms with E-state index in [0.717, 1.165) is 56.2 Å². The Balaban J connectivity index is 1.62. The molecule has 3 rings (SSSR count). The summed E-state index contributed by atoms with van der Waals surface area (Å²) in [5, 5.41) is 0. The predicted octanol–water partition coefficient (Wildman–Crippen LogP) is 3.77. The fourth-order valence-corrected chi connectivity index (χ4v) is 4.43. The van der Waals surface area contributed by atoms with Gasteiger partial charge in [0, 0.05) is 44.2 Å². The largest absolute Gasteiger partial charge is 0.359 e. The van der Waals surface area contributed by atoms with Crippen LogP contribution in [0.25, 0.3) is 0 Å². The van der Waals surface area contributed by atoms with Gasteiger partial charge in [-0.25, -0.2) is 0 Å². The van der Waals surface area contributed by atoms with Gasteiger partial charge in [-0.05, 0) is 51.7 Å². The standard InChI is InChI=1S/C19H30N4S/c1-15-6-9-22(3)19(17(12-15)13-20-2)21-18-7-10-23(11-8-18)24-14-16-4-5-16/h12-13,16,18H,2,4-11,14H2,1,3H3/b17-13-,21-19+. The van der Waals surface area contributed by atoms with Gasteiger partial charge in [0.15, 0.2) is 0 Å². The van der Waals surface area contributed by atoms with Gasteiger partial charge in [-0.1, -0.05) is 23.6 Å². The average molecular weight is 347 g/mol. The summed E-state index contributed by atoms with van der Waals surface area (Å²) in [7, 11) is 2.14. The number of hydrogen-bond donors (Lipinski definition) is 0. The van der Waals surface area contributed by atoms with E-state index in [9.17, 15) is 0 Å². The molecule has 24 heavy (non-hydrogen) atoms. The molecule has 1 aliphatic carbocycles. The molecule has 0 spiro atoms. The second-order valence-corrected chi connectivity index (χ2v) is 8.39. The second kappa shape index (κ2) is 8.34. The van der Waals surface area contributed by atoms with Gasteiger partial charge in [0.1, 0.15) is 5.84 Å². The van der Waals surface area contributed by atoms with Crippen LogP contribution in [0.15, 0.2) is 33.4 Å². The van der Waals surface area contributed by atoms with Gasteiger partial charge >= 0.3 is 0 Å². The van der Waals surface area contributed by atoms with Crippen LogP contribution in [0.5, 0.6) is 0 Å². The molecule has 2 aliphatic heterocycles. The number of rotatable bonds is 5. The van der Waals surface area contributed by atoms with Crippen LogP contribution < -0.4 is 0 Å². The molecule has 2 heterocycles. The molecule has 0 radical (unpaired) electrons. The summed E-state index contributed by atoms with van der Waals surface area (Å²) in [6, 6.07) is 0.431. The van der Waals surface area contributed by atoms with Crippen LogP contribution in [0.3, 0.4) is 0 Å². The number of piperidine rings is 1. The molecule has 4 nitrogen and oxygen atoms in total. The lowest BCUT2D eigenvalue weighted by Gasteiger charge is -2.30. The molecule has 0 atom stereocenters. The Morgan fingerprint density at radius 1 is 1.25 bits per heavy atom. The fraction of sp³-hybridized carbons (Fsp3) is 0.684. The third kappa shape index (κ3) is 4.96. The highest BCUT2D eigenvalue weighted by Gasteiger charge is 2.25. The summed E-state index contributed by atoms with van der Waals surface area (Å²) in [5.41, 5.74) is 2.49. The Hall–Kier alpha value is -1.07. The quantitative estimate of drug-likeness (QED) is 0.561. The van der Waals surface area contributed by atoms with Crippen molar-refractivity contribution in [3.63, 3.8) is 0 Å². The summed E-state index contributed by atoms with van der Waals surface area (Å²) in [4.78, 5) is 11.4. The molecule has 0 aromatic heterocycles. The van der Waals surface area contributed by atoms with Crippen molar-refractivity contribution < 1.29 is 0 Å². The molecule has 0 unspecified atom stereocenters. The van der Waals surface area contributed by atoms with Gasteiger partial charge in [0.05, 0.1) is 6.04 Å². The summed E-state index contributed by atoms with van der Waals surface area (Å²) in [5.74, 6) is 3.41. The monoisotopic (exact) mass is 346 g/mol. The molecule has 5 heteroatoms. The lowest BCUT2D eigenvalue weighted by Crippen LogP contribution is -2.34. The Morgan fingerprint density at radius 2 is 2.00 bits per heavy atom. The molecule has 2 fully saturated rings. The van der Waals surface area contributed by atoms with E-state index >= 15 is 0 Å². The van der Waals surface area contributed by atoms with Crippen LogP contribution in [0.2, 0.25) is 0 Å².